The maximum atomic E-state index is 12.6. The lowest BCUT2D eigenvalue weighted by molar-refractivity contribution is -0.137. The molecule has 1 aromatic rings. The van der Waals surface area contributed by atoms with Crippen molar-refractivity contribution in [2.45, 2.75) is 64.8 Å². The first-order valence-corrected chi connectivity index (χ1v) is 10.3. The van der Waals surface area contributed by atoms with Crippen LogP contribution in [0.1, 0.15) is 56.1 Å². The molecule has 0 bridgehead atoms. The van der Waals surface area contributed by atoms with Crippen LogP contribution in [-0.4, -0.2) is 42.5 Å². The first kappa shape index (κ1) is 19.7. The van der Waals surface area contributed by atoms with Crippen molar-refractivity contribution in [1.82, 2.24) is 10.2 Å². The standard InChI is InChI=1S/C22H32N2O3/c1-16-8-9-20(17(2)14-16)27-15-21(25)23-19-10-12-24(13-11-19)22(26)18-6-4-3-5-7-18/h8-9,14,18-19H,3-7,10-13,15H2,1-2H3,(H,23,25). The van der Waals surface area contributed by atoms with Gasteiger partial charge in [-0.1, -0.05) is 37.0 Å². The Labute approximate surface area is 162 Å². The molecule has 5 heteroatoms. The summed E-state index contributed by atoms with van der Waals surface area (Å²) >= 11 is 0. The Morgan fingerprint density at radius 1 is 1.07 bits per heavy atom. The molecule has 1 aliphatic carbocycles. The Morgan fingerprint density at radius 2 is 1.78 bits per heavy atom. The zero-order valence-corrected chi connectivity index (χ0v) is 16.6. The number of hydrogen-bond donors (Lipinski definition) is 1. The molecule has 2 amide bonds. The van der Waals surface area contributed by atoms with Crippen molar-refractivity contribution < 1.29 is 14.3 Å². The molecule has 0 spiro atoms. The van der Waals surface area contributed by atoms with Crippen LogP contribution in [0.25, 0.3) is 0 Å². The molecular formula is C22H32N2O3. The van der Waals surface area contributed by atoms with Crippen LogP contribution in [0, 0.1) is 19.8 Å². The molecule has 148 valence electrons. The van der Waals surface area contributed by atoms with Crippen LogP contribution in [0.2, 0.25) is 0 Å². The molecule has 1 N–H and O–H groups in total. The van der Waals surface area contributed by atoms with E-state index in [4.69, 9.17) is 4.74 Å². The van der Waals surface area contributed by atoms with Crippen molar-refractivity contribution >= 4 is 11.8 Å². The van der Waals surface area contributed by atoms with Crippen LogP contribution in [0.3, 0.4) is 0 Å². The number of nitrogens with zero attached hydrogens (tertiary/aromatic N) is 1. The van der Waals surface area contributed by atoms with Crippen molar-refractivity contribution in [1.29, 1.82) is 0 Å². The van der Waals surface area contributed by atoms with Gasteiger partial charge in [0.2, 0.25) is 5.91 Å². The topological polar surface area (TPSA) is 58.6 Å². The zero-order valence-electron chi connectivity index (χ0n) is 16.6. The largest absolute Gasteiger partial charge is 0.484 e. The minimum atomic E-state index is -0.0907. The van der Waals surface area contributed by atoms with E-state index in [1.807, 2.05) is 36.9 Å². The Hall–Kier alpha value is -2.04. The number of nitrogens with one attached hydrogen (secondary N) is 1. The van der Waals surface area contributed by atoms with Gasteiger partial charge in [0.25, 0.3) is 5.91 Å². The minimum absolute atomic E-state index is 0.0329. The summed E-state index contributed by atoms with van der Waals surface area (Å²) < 4.78 is 5.66. The van der Waals surface area contributed by atoms with Gasteiger partial charge in [0.1, 0.15) is 5.75 Å². The highest BCUT2D eigenvalue weighted by Gasteiger charge is 2.29. The van der Waals surface area contributed by atoms with E-state index in [0.29, 0.717) is 5.91 Å². The number of carbonyl (C=O) groups is 2. The predicted octanol–water partition coefficient (Wildman–Crippen LogP) is 3.37. The van der Waals surface area contributed by atoms with Gasteiger partial charge in [-0.2, -0.15) is 0 Å². The van der Waals surface area contributed by atoms with Gasteiger partial charge in [0, 0.05) is 25.0 Å². The highest BCUT2D eigenvalue weighted by molar-refractivity contribution is 5.79. The Morgan fingerprint density at radius 3 is 2.44 bits per heavy atom. The molecule has 27 heavy (non-hydrogen) atoms. The van der Waals surface area contributed by atoms with Gasteiger partial charge in [-0.25, -0.2) is 0 Å². The fraction of sp³-hybridized carbons (Fsp3) is 0.636. The molecule has 2 fully saturated rings. The second-order valence-corrected chi connectivity index (χ2v) is 8.06. The molecule has 1 saturated carbocycles. The van der Waals surface area contributed by atoms with Crippen molar-refractivity contribution in [3.05, 3.63) is 29.3 Å². The van der Waals surface area contributed by atoms with Crippen LogP contribution >= 0.6 is 0 Å². The van der Waals surface area contributed by atoms with Crippen LogP contribution in [0.5, 0.6) is 5.75 Å². The molecule has 3 rings (SSSR count). The average molecular weight is 373 g/mol. The molecule has 1 saturated heterocycles. The number of amides is 2. The number of likely N-dealkylation sites (tertiary alicyclic amines) is 1. The van der Waals surface area contributed by atoms with Gasteiger partial charge in [-0.3, -0.25) is 9.59 Å². The van der Waals surface area contributed by atoms with E-state index in [9.17, 15) is 9.59 Å². The monoisotopic (exact) mass is 372 g/mol. The van der Waals surface area contributed by atoms with Crippen LogP contribution in [0.15, 0.2) is 18.2 Å². The van der Waals surface area contributed by atoms with E-state index >= 15 is 0 Å². The summed E-state index contributed by atoms with van der Waals surface area (Å²) in [6.07, 6.45) is 7.38. The number of aryl methyl sites for hydroxylation is 2. The van der Waals surface area contributed by atoms with Gasteiger partial charge in [0.15, 0.2) is 6.61 Å². The van der Waals surface area contributed by atoms with Gasteiger partial charge < -0.3 is 15.0 Å². The summed E-state index contributed by atoms with van der Waals surface area (Å²) in [5.41, 5.74) is 2.22. The fourth-order valence-corrected chi connectivity index (χ4v) is 4.23. The predicted molar refractivity (Wildman–Crippen MR) is 106 cm³/mol. The average Bonchev–Trinajstić information content (AvgIpc) is 2.68. The van der Waals surface area contributed by atoms with E-state index in [1.165, 1.54) is 24.8 Å². The smallest absolute Gasteiger partial charge is 0.258 e. The van der Waals surface area contributed by atoms with E-state index in [1.54, 1.807) is 0 Å². The third kappa shape index (κ3) is 5.47. The van der Waals surface area contributed by atoms with Crippen molar-refractivity contribution in [2.24, 2.45) is 5.92 Å². The number of rotatable bonds is 5. The summed E-state index contributed by atoms with van der Waals surface area (Å²) in [6, 6.07) is 6.08. The first-order chi connectivity index (χ1) is 13.0. The quantitative estimate of drug-likeness (QED) is 0.862. The van der Waals surface area contributed by atoms with Gasteiger partial charge in [0.05, 0.1) is 0 Å². The van der Waals surface area contributed by atoms with Crippen LogP contribution in [0.4, 0.5) is 0 Å². The van der Waals surface area contributed by atoms with E-state index in [-0.39, 0.29) is 24.5 Å². The lowest BCUT2D eigenvalue weighted by atomic mass is 9.87. The third-order valence-electron chi connectivity index (χ3n) is 5.82. The van der Waals surface area contributed by atoms with Gasteiger partial charge >= 0.3 is 0 Å². The number of benzene rings is 1. The van der Waals surface area contributed by atoms with E-state index in [0.717, 1.165) is 50.1 Å². The maximum Gasteiger partial charge on any atom is 0.258 e. The second-order valence-electron chi connectivity index (χ2n) is 8.06. The Balaban J connectivity index is 1.39. The third-order valence-corrected chi connectivity index (χ3v) is 5.82. The van der Waals surface area contributed by atoms with Crippen LogP contribution in [-0.2, 0) is 9.59 Å². The molecule has 1 aromatic carbocycles. The van der Waals surface area contributed by atoms with Crippen molar-refractivity contribution in [3.8, 4) is 5.75 Å². The SMILES string of the molecule is Cc1ccc(OCC(=O)NC2CCN(C(=O)C3CCCCC3)CC2)c(C)c1. The highest BCUT2D eigenvalue weighted by Crippen LogP contribution is 2.26. The second kappa shape index (κ2) is 9.25. The fourth-order valence-electron chi connectivity index (χ4n) is 4.23. The van der Waals surface area contributed by atoms with Crippen molar-refractivity contribution in [2.75, 3.05) is 19.7 Å². The number of carbonyl (C=O) groups excluding carboxylic acids is 2. The zero-order chi connectivity index (χ0) is 19.2. The molecule has 0 atom stereocenters. The Kier molecular flexibility index (Phi) is 6.75. The number of ether oxygens (including phenoxy) is 1. The van der Waals surface area contributed by atoms with Crippen LogP contribution < -0.4 is 10.1 Å². The lowest BCUT2D eigenvalue weighted by Gasteiger charge is -2.35. The summed E-state index contributed by atoms with van der Waals surface area (Å²) in [5.74, 6) is 1.23. The van der Waals surface area contributed by atoms with E-state index < -0.39 is 0 Å². The first-order valence-electron chi connectivity index (χ1n) is 10.3. The maximum absolute atomic E-state index is 12.6. The molecular weight excluding hydrogens is 340 g/mol. The molecule has 0 unspecified atom stereocenters. The molecule has 5 nitrogen and oxygen atoms in total. The van der Waals surface area contributed by atoms with Gasteiger partial charge in [-0.05, 0) is 51.2 Å². The van der Waals surface area contributed by atoms with E-state index in [2.05, 4.69) is 5.32 Å². The molecule has 0 aromatic heterocycles. The number of piperidine rings is 1. The minimum Gasteiger partial charge on any atom is -0.484 e. The van der Waals surface area contributed by atoms with Crippen molar-refractivity contribution in [3.63, 3.8) is 0 Å². The normalized spacial score (nSPS) is 19.0. The molecule has 0 radical (unpaired) electrons. The summed E-state index contributed by atoms with van der Waals surface area (Å²) in [7, 11) is 0. The Bertz CT molecular complexity index is 660. The number of hydrogen-bond acceptors (Lipinski definition) is 3. The van der Waals surface area contributed by atoms with Gasteiger partial charge in [-0.15, -0.1) is 0 Å². The summed E-state index contributed by atoms with van der Waals surface area (Å²) in [5, 5.41) is 3.06. The molecule has 2 aliphatic rings. The summed E-state index contributed by atoms with van der Waals surface area (Å²) in [4.78, 5) is 26.8. The summed E-state index contributed by atoms with van der Waals surface area (Å²) in [6.45, 7) is 5.55. The lowest BCUT2D eigenvalue weighted by Crippen LogP contribution is -2.49. The highest BCUT2D eigenvalue weighted by atomic mass is 16.5. The molecule has 1 aliphatic heterocycles. The molecule has 1 heterocycles.